The van der Waals surface area contributed by atoms with E-state index in [9.17, 15) is 0 Å². The second-order valence-electron chi connectivity index (χ2n) is 6.04. The van der Waals surface area contributed by atoms with Gasteiger partial charge < -0.3 is 5.32 Å². The maximum atomic E-state index is 5.98. The molecule has 0 aliphatic carbocycles. The van der Waals surface area contributed by atoms with Gasteiger partial charge in [0.1, 0.15) is 0 Å². The van der Waals surface area contributed by atoms with Gasteiger partial charge in [-0.25, -0.2) is 0 Å². The van der Waals surface area contributed by atoms with Gasteiger partial charge in [0.25, 0.3) is 0 Å². The third-order valence-corrected chi connectivity index (χ3v) is 5.55. The molecule has 1 fully saturated rings. The predicted molar refractivity (Wildman–Crippen MR) is 93.3 cm³/mol. The molecule has 118 valence electrons. The van der Waals surface area contributed by atoms with Crippen LogP contribution in [0.3, 0.4) is 0 Å². The van der Waals surface area contributed by atoms with Crippen LogP contribution in [0.15, 0.2) is 35.8 Å². The number of rotatable bonds is 5. The van der Waals surface area contributed by atoms with E-state index in [-0.39, 0.29) is 0 Å². The van der Waals surface area contributed by atoms with E-state index < -0.39 is 0 Å². The second kappa shape index (κ2) is 7.55. The summed E-state index contributed by atoms with van der Waals surface area (Å²) >= 11 is 7.71. The van der Waals surface area contributed by atoms with Crippen LogP contribution in [0.5, 0.6) is 0 Å². The van der Waals surface area contributed by atoms with E-state index in [1.807, 2.05) is 17.6 Å². The molecule has 3 nitrogen and oxygen atoms in total. The average Bonchev–Trinajstić information content (AvgIpc) is 2.93. The minimum Gasteiger partial charge on any atom is -0.309 e. The monoisotopic (exact) mass is 335 g/mol. The van der Waals surface area contributed by atoms with Crippen molar-refractivity contribution in [1.29, 1.82) is 0 Å². The SMILES string of the molecule is C[C@H]1CN(Cc2ccccn2)CC[C@H]1NCc1cc(Cl)cs1. The molecule has 0 radical (unpaired) electrons. The Morgan fingerprint density at radius 2 is 2.36 bits per heavy atom. The van der Waals surface area contributed by atoms with Gasteiger partial charge in [0.2, 0.25) is 0 Å². The molecule has 0 amide bonds. The smallest absolute Gasteiger partial charge is 0.0543 e. The van der Waals surface area contributed by atoms with Crippen LogP contribution in [-0.2, 0) is 13.1 Å². The lowest BCUT2D eigenvalue weighted by molar-refractivity contribution is 0.139. The van der Waals surface area contributed by atoms with E-state index in [2.05, 4.69) is 40.3 Å². The number of aromatic nitrogens is 1. The summed E-state index contributed by atoms with van der Waals surface area (Å²) in [5.41, 5.74) is 1.16. The molecule has 3 heterocycles. The molecule has 2 aromatic heterocycles. The minimum absolute atomic E-state index is 0.584. The average molecular weight is 336 g/mol. The van der Waals surface area contributed by atoms with Gasteiger partial charge in [0, 0.05) is 48.7 Å². The van der Waals surface area contributed by atoms with E-state index >= 15 is 0 Å². The molecule has 2 aromatic rings. The third-order valence-electron chi connectivity index (χ3n) is 4.26. The summed E-state index contributed by atoms with van der Waals surface area (Å²) in [5, 5.41) is 6.54. The minimum atomic E-state index is 0.584. The van der Waals surface area contributed by atoms with Crippen LogP contribution < -0.4 is 5.32 Å². The first kappa shape index (κ1) is 15.9. The van der Waals surface area contributed by atoms with E-state index in [1.54, 1.807) is 11.3 Å². The fourth-order valence-electron chi connectivity index (χ4n) is 3.08. The molecule has 1 aliphatic heterocycles. The fraction of sp³-hybridized carbons (Fsp3) is 0.471. The molecular formula is C17H22ClN3S. The Morgan fingerprint density at radius 3 is 3.05 bits per heavy atom. The van der Waals surface area contributed by atoms with Crippen molar-refractivity contribution in [3.63, 3.8) is 0 Å². The van der Waals surface area contributed by atoms with E-state index in [0.717, 1.165) is 36.9 Å². The summed E-state index contributed by atoms with van der Waals surface area (Å²) in [6.45, 7) is 6.47. The number of halogens is 1. The molecule has 2 atom stereocenters. The highest BCUT2D eigenvalue weighted by Gasteiger charge is 2.25. The van der Waals surface area contributed by atoms with E-state index in [4.69, 9.17) is 11.6 Å². The normalized spacial score (nSPS) is 22.8. The Balaban J connectivity index is 1.47. The van der Waals surface area contributed by atoms with Crippen LogP contribution in [0.4, 0.5) is 0 Å². The highest BCUT2D eigenvalue weighted by molar-refractivity contribution is 7.10. The first-order chi connectivity index (χ1) is 10.7. The van der Waals surface area contributed by atoms with Gasteiger partial charge in [-0.1, -0.05) is 24.6 Å². The second-order valence-corrected chi connectivity index (χ2v) is 7.47. The van der Waals surface area contributed by atoms with Crippen molar-refractivity contribution >= 4 is 22.9 Å². The van der Waals surface area contributed by atoms with Crippen molar-refractivity contribution in [2.45, 2.75) is 32.5 Å². The number of likely N-dealkylation sites (tertiary alicyclic amines) is 1. The maximum Gasteiger partial charge on any atom is 0.0543 e. The molecule has 3 rings (SSSR count). The number of thiophene rings is 1. The highest BCUT2D eigenvalue weighted by Crippen LogP contribution is 2.22. The summed E-state index contributed by atoms with van der Waals surface area (Å²) in [6, 6.07) is 8.78. The number of pyridine rings is 1. The largest absolute Gasteiger partial charge is 0.309 e. The molecule has 5 heteroatoms. The lowest BCUT2D eigenvalue weighted by atomic mass is 9.93. The first-order valence-electron chi connectivity index (χ1n) is 7.79. The Kier molecular flexibility index (Phi) is 5.47. The number of piperidine rings is 1. The Hall–Kier alpha value is -0.940. The van der Waals surface area contributed by atoms with Gasteiger partial charge in [-0.05, 0) is 30.5 Å². The molecule has 0 saturated carbocycles. The van der Waals surface area contributed by atoms with E-state index in [1.165, 1.54) is 11.3 Å². The highest BCUT2D eigenvalue weighted by atomic mass is 35.5. The lowest BCUT2D eigenvalue weighted by Crippen LogP contribution is -2.47. The Morgan fingerprint density at radius 1 is 1.45 bits per heavy atom. The van der Waals surface area contributed by atoms with Gasteiger partial charge in [0.05, 0.1) is 10.7 Å². The first-order valence-corrected chi connectivity index (χ1v) is 9.05. The Bertz CT molecular complexity index is 587. The molecule has 0 aromatic carbocycles. The van der Waals surface area contributed by atoms with Crippen LogP contribution in [0.2, 0.25) is 5.02 Å². The molecule has 1 aliphatic rings. The van der Waals surface area contributed by atoms with Crippen LogP contribution in [0.25, 0.3) is 0 Å². The van der Waals surface area contributed by atoms with Gasteiger partial charge in [0.15, 0.2) is 0 Å². The van der Waals surface area contributed by atoms with Crippen molar-refractivity contribution in [2.24, 2.45) is 5.92 Å². The zero-order chi connectivity index (χ0) is 15.4. The van der Waals surface area contributed by atoms with Crippen LogP contribution in [0, 0.1) is 5.92 Å². The summed E-state index contributed by atoms with van der Waals surface area (Å²) in [7, 11) is 0. The van der Waals surface area contributed by atoms with Crippen LogP contribution >= 0.6 is 22.9 Å². The predicted octanol–water partition coefficient (Wildman–Crippen LogP) is 3.80. The van der Waals surface area contributed by atoms with Crippen molar-refractivity contribution in [1.82, 2.24) is 15.2 Å². The van der Waals surface area contributed by atoms with Crippen LogP contribution in [-0.4, -0.2) is 29.0 Å². The molecular weight excluding hydrogens is 314 g/mol. The van der Waals surface area contributed by atoms with Gasteiger partial charge in [-0.3, -0.25) is 9.88 Å². The molecule has 1 saturated heterocycles. The molecule has 0 bridgehead atoms. The lowest BCUT2D eigenvalue weighted by Gasteiger charge is -2.37. The van der Waals surface area contributed by atoms with Crippen molar-refractivity contribution in [3.05, 3.63) is 51.4 Å². The zero-order valence-electron chi connectivity index (χ0n) is 12.8. The molecule has 0 spiro atoms. The van der Waals surface area contributed by atoms with E-state index in [0.29, 0.717) is 12.0 Å². The van der Waals surface area contributed by atoms with Crippen molar-refractivity contribution < 1.29 is 0 Å². The topological polar surface area (TPSA) is 28.2 Å². The number of nitrogens with one attached hydrogen (secondary N) is 1. The van der Waals surface area contributed by atoms with Crippen molar-refractivity contribution in [3.8, 4) is 0 Å². The quantitative estimate of drug-likeness (QED) is 0.901. The van der Waals surface area contributed by atoms with Gasteiger partial charge >= 0.3 is 0 Å². The molecule has 0 unspecified atom stereocenters. The number of hydrogen-bond acceptors (Lipinski definition) is 4. The van der Waals surface area contributed by atoms with Gasteiger partial charge in [-0.15, -0.1) is 11.3 Å². The number of hydrogen-bond donors (Lipinski definition) is 1. The van der Waals surface area contributed by atoms with Crippen LogP contribution in [0.1, 0.15) is 23.9 Å². The zero-order valence-corrected chi connectivity index (χ0v) is 14.4. The molecule has 22 heavy (non-hydrogen) atoms. The molecule has 1 N–H and O–H groups in total. The third kappa shape index (κ3) is 4.29. The van der Waals surface area contributed by atoms with Gasteiger partial charge in [-0.2, -0.15) is 0 Å². The number of nitrogens with zero attached hydrogens (tertiary/aromatic N) is 2. The Labute approximate surface area is 141 Å². The maximum absolute atomic E-state index is 5.98. The van der Waals surface area contributed by atoms with Crippen molar-refractivity contribution in [2.75, 3.05) is 13.1 Å². The summed E-state index contributed by atoms with van der Waals surface area (Å²) in [6.07, 6.45) is 3.06. The summed E-state index contributed by atoms with van der Waals surface area (Å²) in [5.74, 6) is 0.646. The fourth-order valence-corrected chi connectivity index (χ4v) is 4.10. The standard InChI is InChI=1S/C17H22ClN3S/c1-13-10-21(11-15-4-2-3-6-19-15)7-5-17(13)20-9-16-8-14(18)12-22-16/h2-4,6,8,12-13,17,20H,5,7,9-11H2,1H3/t13-,17+/m0/s1. The summed E-state index contributed by atoms with van der Waals surface area (Å²) in [4.78, 5) is 8.25. The summed E-state index contributed by atoms with van der Waals surface area (Å²) < 4.78 is 0.